The van der Waals surface area contributed by atoms with Crippen LogP contribution in [0.3, 0.4) is 0 Å². The van der Waals surface area contributed by atoms with Gasteiger partial charge in [0.15, 0.2) is 6.61 Å². The number of hydroxylamine groups is 1. The maximum absolute atomic E-state index is 11.7. The van der Waals surface area contributed by atoms with Crippen LogP contribution in [0, 0.1) is 0 Å². The lowest BCUT2D eigenvalue weighted by Crippen LogP contribution is -2.48. The second kappa shape index (κ2) is 5.61. The molecule has 0 aromatic heterocycles. The topological polar surface area (TPSA) is 93.5 Å². The number of amides is 2. The molecule has 1 heterocycles. The smallest absolute Gasteiger partial charge is 0.261 e. The molecule has 4 N–H and O–H groups in total. The maximum Gasteiger partial charge on any atom is 0.261 e. The Morgan fingerprint density at radius 1 is 1.39 bits per heavy atom. The molecule has 0 fully saturated rings. The summed E-state index contributed by atoms with van der Waals surface area (Å²) in [6.07, 6.45) is 0.599. The first-order valence-electron chi connectivity index (χ1n) is 5.67. The lowest BCUT2D eigenvalue weighted by molar-refractivity contribution is -0.139. The van der Waals surface area contributed by atoms with E-state index in [-0.39, 0.29) is 18.6 Å². The van der Waals surface area contributed by atoms with Gasteiger partial charge < -0.3 is 11.1 Å². The Bertz CT molecular complexity index is 462. The van der Waals surface area contributed by atoms with Crippen molar-refractivity contribution in [2.24, 2.45) is 5.73 Å². The predicted molar refractivity (Wildman–Crippen MR) is 64.1 cm³/mol. The van der Waals surface area contributed by atoms with Gasteiger partial charge in [0.25, 0.3) is 5.91 Å². The molecule has 2 amide bonds. The largest absolute Gasteiger partial charge is 0.368 e. The number of carbonyl (C=O) groups is 2. The SMILES string of the molecule is NC(=O)CONC(=O)C1Cc2ccccc2CN1. The molecule has 2 rings (SSSR count). The molecule has 1 unspecified atom stereocenters. The molecule has 0 saturated carbocycles. The highest BCUT2D eigenvalue weighted by Crippen LogP contribution is 2.16. The summed E-state index contributed by atoms with van der Waals surface area (Å²) in [5, 5.41) is 3.10. The van der Waals surface area contributed by atoms with E-state index in [9.17, 15) is 9.59 Å². The van der Waals surface area contributed by atoms with Crippen LogP contribution < -0.4 is 16.5 Å². The van der Waals surface area contributed by atoms with Gasteiger partial charge in [0, 0.05) is 6.54 Å². The molecule has 1 aliphatic rings. The van der Waals surface area contributed by atoms with E-state index in [1.165, 1.54) is 5.56 Å². The highest BCUT2D eigenvalue weighted by atomic mass is 16.7. The Morgan fingerprint density at radius 3 is 2.83 bits per heavy atom. The first kappa shape index (κ1) is 12.5. The highest BCUT2D eigenvalue weighted by Gasteiger charge is 2.23. The maximum atomic E-state index is 11.7. The Morgan fingerprint density at radius 2 is 2.11 bits per heavy atom. The second-order valence-electron chi connectivity index (χ2n) is 4.13. The standard InChI is InChI=1S/C12H15N3O3/c13-11(16)7-18-15-12(17)10-5-8-3-1-2-4-9(8)6-14-10/h1-4,10,14H,5-7H2,(H2,13,16)(H,15,17). The summed E-state index contributed by atoms with van der Waals surface area (Å²) in [6, 6.07) is 7.59. The summed E-state index contributed by atoms with van der Waals surface area (Å²) in [4.78, 5) is 26.9. The first-order chi connectivity index (χ1) is 8.66. The van der Waals surface area contributed by atoms with Crippen LogP contribution in [0.15, 0.2) is 24.3 Å². The van der Waals surface area contributed by atoms with Gasteiger partial charge in [-0.15, -0.1) is 0 Å². The van der Waals surface area contributed by atoms with E-state index < -0.39 is 5.91 Å². The zero-order valence-corrected chi connectivity index (χ0v) is 9.81. The lowest BCUT2D eigenvalue weighted by atomic mass is 9.96. The minimum absolute atomic E-state index is 0.300. The number of primary amides is 1. The number of nitrogens with one attached hydrogen (secondary N) is 2. The van der Waals surface area contributed by atoms with Crippen LogP contribution in [0.25, 0.3) is 0 Å². The van der Waals surface area contributed by atoms with Crippen molar-refractivity contribution < 1.29 is 14.4 Å². The second-order valence-corrected chi connectivity index (χ2v) is 4.13. The van der Waals surface area contributed by atoms with Crippen LogP contribution in [-0.2, 0) is 27.4 Å². The minimum Gasteiger partial charge on any atom is -0.368 e. The van der Waals surface area contributed by atoms with Gasteiger partial charge >= 0.3 is 0 Å². The molecule has 18 heavy (non-hydrogen) atoms. The third-order valence-electron chi connectivity index (χ3n) is 2.79. The number of fused-ring (bicyclic) bond motifs is 1. The van der Waals surface area contributed by atoms with Gasteiger partial charge in [0.05, 0.1) is 6.04 Å². The van der Waals surface area contributed by atoms with Gasteiger partial charge in [0.2, 0.25) is 5.91 Å². The molecule has 96 valence electrons. The lowest BCUT2D eigenvalue weighted by Gasteiger charge is -2.24. The zero-order valence-electron chi connectivity index (χ0n) is 9.81. The molecule has 0 radical (unpaired) electrons. The van der Waals surface area contributed by atoms with Crippen molar-refractivity contribution in [3.8, 4) is 0 Å². The number of benzene rings is 1. The molecule has 1 atom stereocenters. The fourth-order valence-electron chi connectivity index (χ4n) is 1.89. The molecule has 0 saturated heterocycles. The van der Waals surface area contributed by atoms with Gasteiger partial charge in [-0.2, -0.15) is 0 Å². The molecule has 0 spiro atoms. The fourth-order valence-corrected chi connectivity index (χ4v) is 1.89. The first-order valence-corrected chi connectivity index (χ1v) is 5.67. The zero-order chi connectivity index (χ0) is 13.0. The summed E-state index contributed by atoms with van der Waals surface area (Å²) >= 11 is 0. The number of hydrogen-bond acceptors (Lipinski definition) is 4. The van der Waals surface area contributed by atoms with Crippen molar-refractivity contribution in [3.05, 3.63) is 35.4 Å². The summed E-state index contributed by atoms with van der Waals surface area (Å²) in [7, 11) is 0. The summed E-state index contributed by atoms with van der Waals surface area (Å²) in [5.74, 6) is -0.928. The van der Waals surface area contributed by atoms with Crippen LogP contribution in [0.5, 0.6) is 0 Å². The molecule has 1 aromatic carbocycles. The summed E-state index contributed by atoms with van der Waals surface area (Å²) in [5.41, 5.74) is 9.44. The Kier molecular flexibility index (Phi) is 3.91. The average molecular weight is 249 g/mol. The van der Waals surface area contributed by atoms with E-state index in [4.69, 9.17) is 5.73 Å². The molecule has 1 aliphatic heterocycles. The van der Waals surface area contributed by atoms with Gasteiger partial charge in [-0.1, -0.05) is 24.3 Å². The molecular weight excluding hydrogens is 234 g/mol. The van der Waals surface area contributed by atoms with E-state index in [0.29, 0.717) is 13.0 Å². The Hall–Kier alpha value is -1.92. The molecule has 0 aliphatic carbocycles. The molecule has 1 aromatic rings. The molecule has 6 nitrogen and oxygen atoms in total. The highest BCUT2D eigenvalue weighted by molar-refractivity contribution is 5.82. The van der Waals surface area contributed by atoms with Crippen molar-refractivity contribution in [2.75, 3.05) is 6.61 Å². The van der Waals surface area contributed by atoms with Crippen LogP contribution in [-0.4, -0.2) is 24.5 Å². The molecular formula is C12H15N3O3. The van der Waals surface area contributed by atoms with Crippen molar-refractivity contribution in [1.29, 1.82) is 0 Å². The molecule has 6 heteroatoms. The third-order valence-corrected chi connectivity index (χ3v) is 2.79. The fraction of sp³-hybridized carbons (Fsp3) is 0.333. The Balaban J connectivity index is 1.88. The Labute approximate surface area is 104 Å². The average Bonchev–Trinajstić information content (AvgIpc) is 2.37. The van der Waals surface area contributed by atoms with E-state index in [1.54, 1.807) is 0 Å². The number of rotatable bonds is 4. The van der Waals surface area contributed by atoms with E-state index in [2.05, 4.69) is 15.6 Å². The number of nitrogens with two attached hydrogens (primary N) is 1. The van der Waals surface area contributed by atoms with Crippen molar-refractivity contribution >= 4 is 11.8 Å². The van der Waals surface area contributed by atoms with E-state index in [1.807, 2.05) is 24.3 Å². The molecule has 0 bridgehead atoms. The minimum atomic E-state index is -0.628. The normalized spacial score (nSPS) is 17.9. The summed E-state index contributed by atoms with van der Waals surface area (Å²) in [6.45, 7) is 0.319. The van der Waals surface area contributed by atoms with Gasteiger partial charge in [-0.25, -0.2) is 5.48 Å². The van der Waals surface area contributed by atoms with Gasteiger partial charge in [0.1, 0.15) is 0 Å². The van der Waals surface area contributed by atoms with Crippen LogP contribution in [0.2, 0.25) is 0 Å². The quantitative estimate of drug-likeness (QED) is 0.611. The van der Waals surface area contributed by atoms with Crippen LogP contribution >= 0.6 is 0 Å². The number of hydrogen-bond donors (Lipinski definition) is 3. The van der Waals surface area contributed by atoms with Gasteiger partial charge in [-0.05, 0) is 17.5 Å². The van der Waals surface area contributed by atoms with E-state index >= 15 is 0 Å². The monoisotopic (exact) mass is 249 g/mol. The summed E-state index contributed by atoms with van der Waals surface area (Å²) < 4.78 is 0. The van der Waals surface area contributed by atoms with E-state index in [0.717, 1.165) is 5.56 Å². The van der Waals surface area contributed by atoms with Crippen molar-refractivity contribution in [1.82, 2.24) is 10.8 Å². The van der Waals surface area contributed by atoms with Crippen molar-refractivity contribution in [2.45, 2.75) is 19.0 Å². The van der Waals surface area contributed by atoms with Crippen molar-refractivity contribution in [3.63, 3.8) is 0 Å². The van der Waals surface area contributed by atoms with Crippen LogP contribution in [0.1, 0.15) is 11.1 Å². The predicted octanol–water partition coefficient (Wildman–Crippen LogP) is -0.766. The van der Waals surface area contributed by atoms with Crippen LogP contribution in [0.4, 0.5) is 0 Å². The van der Waals surface area contributed by atoms with Gasteiger partial charge in [-0.3, -0.25) is 14.4 Å². The third kappa shape index (κ3) is 3.06. The number of carbonyl (C=O) groups excluding carboxylic acids is 2.